The molecule has 2 rings (SSSR count). The van der Waals surface area contributed by atoms with Crippen LogP contribution >= 0.6 is 0 Å². The topological polar surface area (TPSA) is 20.3 Å². The van der Waals surface area contributed by atoms with Gasteiger partial charge in [0.1, 0.15) is 0 Å². The van der Waals surface area contributed by atoms with E-state index in [9.17, 15) is 4.79 Å². The Morgan fingerprint density at radius 1 is 1.10 bits per heavy atom. The normalized spacial score (nSPS) is 32.4. The molecular formula is C18H33NO. The number of carbonyl (C=O) groups excluding carboxylic acids is 1. The molecule has 0 aromatic heterocycles. The molecule has 20 heavy (non-hydrogen) atoms. The summed E-state index contributed by atoms with van der Waals surface area (Å²) in [6, 6.07) is 0. The van der Waals surface area contributed by atoms with Crippen LogP contribution in [-0.4, -0.2) is 23.9 Å². The summed E-state index contributed by atoms with van der Waals surface area (Å²) in [6.07, 6.45) is 9.95. The van der Waals surface area contributed by atoms with Crippen molar-refractivity contribution in [2.45, 2.75) is 72.1 Å². The molecular weight excluding hydrogens is 246 g/mol. The number of hydrogen-bond acceptors (Lipinski definition) is 1. The highest BCUT2D eigenvalue weighted by atomic mass is 16.2. The lowest BCUT2D eigenvalue weighted by Crippen LogP contribution is -2.47. The Morgan fingerprint density at radius 2 is 1.80 bits per heavy atom. The van der Waals surface area contributed by atoms with Gasteiger partial charge in [-0.3, -0.25) is 4.79 Å². The summed E-state index contributed by atoms with van der Waals surface area (Å²) >= 11 is 0. The van der Waals surface area contributed by atoms with Crippen LogP contribution < -0.4 is 0 Å². The second-order valence-corrected chi connectivity index (χ2v) is 7.39. The summed E-state index contributed by atoms with van der Waals surface area (Å²) in [5.74, 6) is 3.27. The lowest BCUT2D eigenvalue weighted by Gasteiger charge is -2.42. The number of nitrogens with zero attached hydrogens (tertiary/aromatic N) is 1. The van der Waals surface area contributed by atoms with E-state index in [1.807, 2.05) is 0 Å². The predicted octanol–water partition coefficient (Wildman–Crippen LogP) is 4.49. The highest BCUT2D eigenvalue weighted by molar-refractivity contribution is 5.76. The third-order valence-corrected chi connectivity index (χ3v) is 5.80. The molecule has 3 atom stereocenters. The predicted molar refractivity (Wildman–Crippen MR) is 84.5 cm³/mol. The molecule has 2 fully saturated rings. The molecule has 1 amide bonds. The van der Waals surface area contributed by atoms with Gasteiger partial charge in [0.15, 0.2) is 0 Å². The molecule has 0 bridgehead atoms. The average molecular weight is 279 g/mol. The van der Waals surface area contributed by atoms with Crippen molar-refractivity contribution in [1.82, 2.24) is 4.90 Å². The van der Waals surface area contributed by atoms with Crippen molar-refractivity contribution in [3.8, 4) is 0 Å². The average Bonchev–Trinajstić information content (AvgIpc) is 2.45. The third-order valence-electron chi connectivity index (χ3n) is 5.80. The smallest absolute Gasteiger partial charge is 0.222 e. The number of piperidine rings is 1. The second-order valence-electron chi connectivity index (χ2n) is 7.39. The van der Waals surface area contributed by atoms with Gasteiger partial charge in [-0.05, 0) is 42.9 Å². The van der Waals surface area contributed by atoms with Crippen LogP contribution in [0.5, 0.6) is 0 Å². The van der Waals surface area contributed by atoms with Crippen molar-refractivity contribution in [3.63, 3.8) is 0 Å². The molecule has 1 aliphatic heterocycles. The van der Waals surface area contributed by atoms with Crippen molar-refractivity contribution in [1.29, 1.82) is 0 Å². The van der Waals surface area contributed by atoms with Gasteiger partial charge in [0.25, 0.3) is 0 Å². The molecule has 0 radical (unpaired) electrons. The number of likely N-dealkylation sites (tertiary alicyclic amines) is 1. The monoisotopic (exact) mass is 279 g/mol. The Morgan fingerprint density at radius 3 is 2.45 bits per heavy atom. The van der Waals surface area contributed by atoms with Gasteiger partial charge in [0.2, 0.25) is 5.91 Å². The number of carbonyl (C=O) groups is 1. The molecule has 2 aliphatic rings. The molecule has 116 valence electrons. The fourth-order valence-electron chi connectivity index (χ4n) is 4.20. The van der Waals surface area contributed by atoms with Crippen LogP contribution in [0.15, 0.2) is 0 Å². The molecule has 0 N–H and O–H groups in total. The summed E-state index contributed by atoms with van der Waals surface area (Å²) in [7, 11) is 0. The van der Waals surface area contributed by atoms with E-state index < -0.39 is 0 Å². The molecule has 0 aromatic carbocycles. The van der Waals surface area contributed by atoms with E-state index >= 15 is 0 Å². The third kappa shape index (κ3) is 3.99. The Labute approximate surface area is 125 Å². The van der Waals surface area contributed by atoms with Gasteiger partial charge in [-0.2, -0.15) is 0 Å². The summed E-state index contributed by atoms with van der Waals surface area (Å²) in [6.45, 7) is 8.99. The Hall–Kier alpha value is -0.530. The van der Waals surface area contributed by atoms with Crippen molar-refractivity contribution < 1.29 is 4.79 Å². The number of rotatable bonds is 4. The summed E-state index contributed by atoms with van der Waals surface area (Å²) in [4.78, 5) is 14.8. The number of hydrogen-bond donors (Lipinski definition) is 0. The van der Waals surface area contributed by atoms with E-state index in [-0.39, 0.29) is 0 Å². The molecule has 3 unspecified atom stereocenters. The first kappa shape index (κ1) is 15.9. The van der Waals surface area contributed by atoms with Gasteiger partial charge in [-0.15, -0.1) is 0 Å². The molecule has 2 heteroatoms. The molecule has 0 aromatic rings. The molecule has 1 saturated carbocycles. The molecule has 1 saturated heterocycles. The maximum atomic E-state index is 12.6. The second kappa shape index (κ2) is 7.47. The van der Waals surface area contributed by atoms with Gasteiger partial charge < -0.3 is 4.90 Å². The quantitative estimate of drug-likeness (QED) is 0.742. The van der Waals surface area contributed by atoms with Gasteiger partial charge in [-0.25, -0.2) is 0 Å². The van der Waals surface area contributed by atoms with Crippen LogP contribution in [-0.2, 0) is 4.79 Å². The molecule has 0 spiro atoms. The number of amides is 1. The zero-order valence-corrected chi connectivity index (χ0v) is 13.7. The van der Waals surface area contributed by atoms with Crippen molar-refractivity contribution in [2.75, 3.05) is 13.1 Å². The van der Waals surface area contributed by atoms with Gasteiger partial charge in [-0.1, -0.05) is 46.5 Å². The molecule has 1 aliphatic carbocycles. The van der Waals surface area contributed by atoms with E-state index in [0.717, 1.165) is 31.3 Å². The lowest BCUT2D eigenvalue weighted by atomic mass is 9.77. The standard InChI is InChI=1S/C18H33NO/c1-4-8-17-13-19(12-14(2)15(17)3)18(20)11-16-9-6-5-7-10-16/h14-17H,4-13H2,1-3H3. The molecule has 2 nitrogen and oxygen atoms in total. The van der Waals surface area contributed by atoms with E-state index in [1.165, 1.54) is 44.9 Å². The highest BCUT2D eigenvalue weighted by Gasteiger charge is 2.33. The van der Waals surface area contributed by atoms with Crippen LogP contribution in [0.1, 0.15) is 72.1 Å². The minimum Gasteiger partial charge on any atom is -0.342 e. The fourth-order valence-corrected chi connectivity index (χ4v) is 4.20. The zero-order chi connectivity index (χ0) is 14.5. The first-order valence-electron chi connectivity index (χ1n) is 8.89. The van der Waals surface area contributed by atoms with E-state index in [4.69, 9.17) is 0 Å². The van der Waals surface area contributed by atoms with E-state index in [2.05, 4.69) is 25.7 Å². The van der Waals surface area contributed by atoms with Crippen molar-refractivity contribution in [3.05, 3.63) is 0 Å². The Bertz CT molecular complexity index is 309. The van der Waals surface area contributed by atoms with Crippen molar-refractivity contribution >= 4 is 5.91 Å². The van der Waals surface area contributed by atoms with Crippen LogP contribution in [0.3, 0.4) is 0 Å². The largest absolute Gasteiger partial charge is 0.342 e. The Kier molecular flexibility index (Phi) is 5.92. The van der Waals surface area contributed by atoms with Gasteiger partial charge in [0, 0.05) is 19.5 Å². The maximum Gasteiger partial charge on any atom is 0.222 e. The van der Waals surface area contributed by atoms with E-state index in [0.29, 0.717) is 17.7 Å². The lowest BCUT2D eigenvalue weighted by molar-refractivity contribution is -0.136. The summed E-state index contributed by atoms with van der Waals surface area (Å²) in [5, 5.41) is 0. The van der Waals surface area contributed by atoms with Crippen LogP contribution in [0, 0.1) is 23.7 Å². The SMILES string of the molecule is CCCC1CN(C(=O)CC2CCCCC2)CC(C)C1C. The minimum atomic E-state index is 0.441. The Balaban J connectivity index is 1.88. The van der Waals surface area contributed by atoms with Crippen molar-refractivity contribution in [2.24, 2.45) is 23.7 Å². The van der Waals surface area contributed by atoms with Crippen LogP contribution in [0.4, 0.5) is 0 Å². The fraction of sp³-hybridized carbons (Fsp3) is 0.944. The summed E-state index contributed by atoms with van der Waals surface area (Å²) in [5.41, 5.74) is 0. The summed E-state index contributed by atoms with van der Waals surface area (Å²) < 4.78 is 0. The van der Waals surface area contributed by atoms with E-state index in [1.54, 1.807) is 0 Å². The van der Waals surface area contributed by atoms with Crippen LogP contribution in [0.2, 0.25) is 0 Å². The zero-order valence-electron chi connectivity index (χ0n) is 13.7. The van der Waals surface area contributed by atoms with Gasteiger partial charge in [0.05, 0.1) is 0 Å². The first-order chi connectivity index (χ1) is 9.61. The van der Waals surface area contributed by atoms with Gasteiger partial charge >= 0.3 is 0 Å². The first-order valence-corrected chi connectivity index (χ1v) is 8.89. The maximum absolute atomic E-state index is 12.6. The van der Waals surface area contributed by atoms with Crippen LogP contribution in [0.25, 0.3) is 0 Å². The minimum absolute atomic E-state index is 0.441. The highest BCUT2D eigenvalue weighted by Crippen LogP contribution is 2.33. The molecule has 1 heterocycles.